The Bertz CT molecular complexity index is 707. The van der Waals surface area contributed by atoms with Gasteiger partial charge in [0.1, 0.15) is 6.61 Å². The third-order valence-electron chi connectivity index (χ3n) is 3.38. The molecule has 4 nitrogen and oxygen atoms in total. The lowest BCUT2D eigenvalue weighted by Gasteiger charge is -2.03. The highest BCUT2D eigenvalue weighted by atomic mass is 16.5. The number of hydrogen-bond acceptors (Lipinski definition) is 2. The zero-order chi connectivity index (χ0) is 14.5. The van der Waals surface area contributed by atoms with Crippen molar-refractivity contribution in [3.05, 3.63) is 65.9 Å². The van der Waals surface area contributed by atoms with Gasteiger partial charge in [0, 0.05) is 5.39 Å². The quantitative estimate of drug-likeness (QED) is 0.652. The maximum absolute atomic E-state index is 10.5. The molecule has 0 aliphatic carbocycles. The van der Waals surface area contributed by atoms with E-state index in [-0.39, 0.29) is 13.2 Å². The lowest BCUT2D eigenvalue weighted by Crippen LogP contribution is -2.03. The number of ether oxygens (including phenoxy) is 1. The molecule has 0 bridgehead atoms. The molecule has 0 aliphatic rings. The molecule has 3 rings (SSSR count). The van der Waals surface area contributed by atoms with Crippen LogP contribution < -0.4 is 0 Å². The van der Waals surface area contributed by atoms with Crippen molar-refractivity contribution in [2.24, 2.45) is 0 Å². The van der Waals surface area contributed by atoms with Crippen molar-refractivity contribution in [1.29, 1.82) is 0 Å². The molecule has 4 heteroatoms. The van der Waals surface area contributed by atoms with E-state index in [1.165, 1.54) is 5.56 Å². The number of benzene rings is 2. The third-order valence-corrected chi connectivity index (χ3v) is 3.38. The van der Waals surface area contributed by atoms with E-state index in [0.717, 1.165) is 23.1 Å². The Morgan fingerprint density at radius 1 is 1.00 bits per heavy atom. The van der Waals surface area contributed by atoms with Gasteiger partial charge in [-0.3, -0.25) is 4.68 Å². The minimum atomic E-state index is -0.220. The Balaban J connectivity index is 1.91. The summed E-state index contributed by atoms with van der Waals surface area (Å²) in [5.41, 5.74) is 3.18. The first-order chi connectivity index (χ1) is 10.4. The fraction of sp³-hybridized carbons (Fsp3) is 0.235. The van der Waals surface area contributed by atoms with Crippen molar-refractivity contribution in [3.8, 4) is 0 Å². The molecule has 0 amide bonds. The van der Waals surface area contributed by atoms with Gasteiger partial charge in [-0.2, -0.15) is 5.10 Å². The van der Waals surface area contributed by atoms with Crippen LogP contribution in [-0.2, 0) is 23.0 Å². The summed E-state index contributed by atoms with van der Waals surface area (Å²) in [6.45, 7) is 1.11. The molecular weight excluding hydrogens is 264 g/mol. The second-order valence-electron chi connectivity index (χ2n) is 4.86. The van der Waals surface area contributed by atoms with Gasteiger partial charge < -0.3 is 4.74 Å². The molecule has 0 saturated carbocycles. The van der Waals surface area contributed by atoms with Gasteiger partial charge in [0.2, 0.25) is 0 Å². The molecule has 107 valence electrons. The van der Waals surface area contributed by atoms with Gasteiger partial charge in [0.15, 0.2) is 0 Å². The summed E-state index contributed by atoms with van der Waals surface area (Å²) in [5.74, 6) is 0. The van der Waals surface area contributed by atoms with Crippen LogP contribution in [0.3, 0.4) is 0 Å². The molecule has 0 fully saturated rings. The predicted octanol–water partition coefficient (Wildman–Crippen LogP) is 3.03. The molecule has 0 aliphatic heterocycles. The van der Waals surface area contributed by atoms with Gasteiger partial charge in [-0.05, 0) is 11.6 Å². The number of aromatic nitrogens is 2. The third kappa shape index (κ3) is 3.12. The van der Waals surface area contributed by atoms with Crippen LogP contribution in [0.25, 0.3) is 10.9 Å². The summed E-state index contributed by atoms with van der Waals surface area (Å²) in [7, 11) is 0. The van der Waals surface area contributed by atoms with E-state index >= 15 is 0 Å². The van der Waals surface area contributed by atoms with Crippen molar-refractivity contribution in [1.82, 2.24) is 9.78 Å². The molecule has 0 N–H and O–H groups in total. The highest BCUT2D eigenvalue weighted by molar-refractivity contribution is 5.81. The first kappa shape index (κ1) is 13.8. The van der Waals surface area contributed by atoms with Crippen molar-refractivity contribution >= 4 is 10.9 Å². The summed E-state index contributed by atoms with van der Waals surface area (Å²) < 4.78 is 7.34. The second kappa shape index (κ2) is 6.52. The molecular formula is C17H17N2O2. The SMILES string of the molecule is [O]CCOCc1nn(Cc2ccccc2)c2ccccc12. The van der Waals surface area contributed by atoms with Crippen LogP contribution in [0.5, 0.6) is 0 Å². The van der Waals surface area contributed by atoms with Gasteiger partial charge in [0.05, 0.1) is 31.0 Å². The minimum Gasteiger partial charge on any atom is -0.373 e. The Kier molecular flexibility index (Phi) is 4.28. The Labute approximate surface area is 123 Å². The van der Waals surface area contributed by atoms with E-state index in [0.29, 0.717) is 6.61 Å². The minimum absolute atomic E-state index is 0.220. The largest absolute Gasteiger partial charge is 0.373 e. The number of rotatable bonds is 6. The van der Waals surface area contributed by atoms with Crippen LogP contribution >= 0.6 is 0 Å². The molecule has 21 heavy (non-hydrogen) atoms. The molecule has 2 aromatic carbocycles. The number of para-hydroxylation sites is 1. The van der Waals surface area contributed by atoms with Crippen LogP contribution in [0, 0.1) is 0 Å². The van der Waals surface area contributed by atoms with Crippen LogP contribution in [0.15, 0.2) is 54.6 Å². The Morgan fingerprint density at radius 3 is 2.57 bits per heavy atom. The van der Waals surface area contributed by atoms with Crippen LogP contribution in [-0.4, -0.2) is 23.0 Å². The Hall–Kier alpha value is -2.17. The van der Waals surface area contributed by atoms with Gasteiger partial charge in [-0.1, -0.05) is 48.5 Å². The first-order valence-corrected chi connectivity index (χ1v) is 7.02. The molecule has 0 saturated heterocycles. The summed E-state index contributed by atoms with van der Waals surface area (Å²) in [5, 5.41) is 16.2. The summed E-state index contributed by atoms with van der Waals surface area (Å²) >= 11 is 0. The van der Waals surface area contributed by atoms with E-state index in [1.54, 1.807) is 0 Å². The maximum Gasteiger partial charge on any atom is 0.106 e. The molecule has 3 aromatic rings. The molecule has 0 atom stereocenters. The zero-order valence-corrected chi connectivity index (χ0v) is 11.7. The van der Waals surface area contributed by atoms with Crippen molar-refractivity contribution in [2.45, 2.75) is 13.2 Å². The lowest BCUT2D eigenvalue weighted by molar-refractivity contribution is 0.0539. The summed E-state index contributed by atoms with van der Waals surface area (Å²) in [4.78, 5) is 0. The molecule has 0 spiro atoms. The summed E-state index contributed by atoms with van der Waals surface area (Å²) in [6.07, 6.45) is 0. The van der Waals surface area contributed by atoms with Gasteiger partial charge in [0.25, 0.3) is 0 Å². The topological polar surface area (TPSA) is 46.9 Å². The van der Waals surface area contributed by atoms with Crippen LogP contribution in [0.2, 0.25) is 0 Å². The second-order valence-corrected chi connectivity index (χ2v) is 4.86. The van der Waals surface area contributed by atoms with E-state index < -0.39 is 0 Å². The van der Waals surface area contributed by atoms with Gasteiger partial charge >= 0.3 is 0 Å². The van der Waals surface area contributed by atoms with Gasteiger partial charge in [-0.25, -0.2) is 5.11 Å². The van der Waals surface area contributed by atoms with Crippen LogP contribution in [0.4, 0.5) is 0 Å². The van der Waals surface area contributed by atoms with Crippen LogP contribution in [0.1, 0.15) is 11.3 Å². The highest BCUT2D eigenvalue weighted by Gasteiger charge is 2.10. The van der Waals surface area contributed by atoms with Gasteiger partial charge in [-0.15, -0.1) is 0 Å². The highest BCUT2D eigenvalue weighted by Crippen LogP contribution is 2.20. The number of nitrogens with zero attached hydrogens (tertiary/aromatic N) is 2. The molecule has 1 radical (unpaired) electrons. The maximum atomic E-state index is 10.5. The monoisotopic (exact) mass is 281 g/mol. The smallest absolute Gasteiger partial charge is 0.106 e. The normalized spacial score (nSPS) is 11.1. The summed E-state index contributed by atoms with van der Waals surface area (Å²) in [6, 6.07) is 18.3. The first-order valence-electron chi connectivity index (χ1n) is 7.02. The van der Waals surface area contributed by atoms with Crippen molar-refractivity contribution in [3.63, 3.8) is 0 Å². The molecule has 0 unspecified atom stereocenters. The predicted molar refractivity (Wildman–Crippen MR) is 80.5 cm³/mol. The number of hydrogen-bond donors (Lipinski definition) is 0. The Morgan fingerprint density at radius 2 is 1.76 bits per heavy atom. The van der Waals surface area contributed by atoms with E-state index in [4.69, 9.17) is 4.74 Å². The van der Waals surface area contributed by atoms with E-state index in [9.17, 15) is 5.11 Å². The lowest BCUT2D eigenvalue weighted by atomic mass is 10.2. The number of fused-ring (bicyclic) bond motifs is 1. The average molecular weight is 281 g/mol. The van der Waals surface area contributed by atoms with Crippen molar-refractivity contribution in [2.75, 3.05) is 13.2 Å². The zero-order valence-electron chi connectivity index (χ0n) is 11.7. The average Bonchev–Trinajstić information content (AvgIpc) is 2.87. The fourth-order valence-electron chi connectivity index (χ4n) is 2.41. The molecule has 1 heterocycles. The standard InChI is InChI=1S/C17H17N2O2/c20-10-11-21-13-16-15-8-4-5-9-17(15)19(18-16)12-14-6-2-1-3-7-14/h1-9H,10-13H2. The molecule has 1 aromatic heterocycles. The van der Waals surface area contributed by atoms with E-state index in [1.807, 2.05) is 41.1 Å². The van der Waals surface area contributed by atoms with Crippen molar-refractivity contribution < 1.29 is 9.84 Å². The van der Waals surface area contributed by atoms with E-state index in [2.05, 4.69) is 23.3 Å². The fourth-order valence-corrected chi connectivity index (χ4v) is 2.41.